The van der Waals surface area contributed by atoms with Crippen LogP contribution in [0.1, 0.15) is 107 Å². The van der Waals surface area contributed by atoms with Crippen LogP contribution in [-0.4, -0.2) is 116 Å². The number of fused-ring (bicyclic) bond motifs is 2. The van der Waals surface area contributed by atoms with E-state index >= 15 is 0 Å². The van der Waals surface area contributed by atoms with E-state index in [4.69, 9.17) is 110 Å². The molecule has 2 fully saturated rings. The Morgan fingerprint density at radius 2 is 0.775 bits per heavy atom. The van der Waals surface area contributed by atoms with Gasteiger partial charge in [-0.2, -0.15) is 31.3 Å². The molecule has 2 aliphatic heterocycles. The van der Waals surface area contributed by atoms with Crippen molar-refractivity contribution in [3.8, 4) is 56.9 Å². The van der Waals surface area contributed by atoms with Crippen LogP contribution in [0.4, 0.5) is 61.9 Å². The zero-order valence-corrected chi connectivity index (χ0v) is 74.7. The minimum atomic E-state index is -4.59. The van der Waals surface area contributed by atoms with Gasteiger partial charge < -0.3 is 74.8 Å². The van der Waals surface area contributed by atoms with E-state index in [0.29, 0.717) is 92.2 Å². The maximum atomic E-state index is 13.3. The van der Waals surface area contributed by atoms with E-state index in [9.17, 15) is 26.3 Å². The average molecular weight is 1980 g/mol. The van der Waals surface area contributed by atoms with Gasteiger partial charge in [0.25, 0.3) is 0 Å². The summed E-state index contributed by atoms with van der Waals surface area (Å²) in [6, 6.07) is 23.2. The van der Waals surface area contributed by atoms with Gasteiger partial charge in [-0.05, 0) is 264 Å². The summed E-state index contributed by atoms with van der Waals surface area (Å²) < 4.78 is 134. The number of hydrogen-bond acceptors (Lipinski definition) is 30. The molecular formula is C73H74B2Br4Cl3F6N23O9. The first-order valence-electron chi connectivity index (χ1n) is 35.2. The molecule has 632 valence electrons. The van der Waals surface area contributed by atoms with Gasteiger partial charge >= 0.3 is 26.6 Å². The van der Waals surface area contributed by atoms with Crippen LogP contribution in [0.15, 0.2) is 138 Å². The third-order valence-electron chi connectivity index (χ3n) is 18.0. The van der Waals surface area contributed by atoms with E-state index < -0.39 is 42.1 Å². The Morgan fingerprint density at radius 1 is 0.408 bits per heavy atom. The van der Waals surface area contributed by atoms with E-state index in [-0.39, 0.29) is 85.9 Å². The number of nitrogens with zero attached hydrogens (tertiary/aromatic N) is 16. The van der Waals surface area contributed by atoms with Gasteiger partial charge in [-0.1, -0.05) is 34.8 Å². The zero-order chi connectivity index (χ0) is 88.4. The molecule has 47 heteroatoms. The number of rotatable bonds is 8. The van der Waals surface area contributed by atoms with E-state index in [0.717, 1.165) is 40.8 Å². The number of halogens is 13. The maximum absolute atomic E-state index is 13.3. The smallest absolute Gasteiger partial charge is 0.470 e. The Balaban J connectivity index is 0.000000150. The summed E-state index contributed by atoms with van der Waals surface area (Å²) >= 11 is 30.1. The van der Waals surface area contributed by atoms with Crippen molar-refractivity contribution in [2.75, 3.05) is 34.1 Å². The number of nitrogen functional groups attached to an aromatic ring is 6. The molecule has 14 aromatic rings. The van der Waals surface area contributed by atoms with Gasteiger partial charge in [0.1, 0.15) is 91.0 Å². The fourth-order valence-corrected chi connectivity index (χ4v) is 13.0. The van der Waals surface area contributed by atoms with Crippen LogP contribution in [-0.2, 0) is 31.0 Å². The number of aromatic nitrogens is 16. The molecule has 0 unspecified atom stereocenters. The maximum Gasteiger partial charge on any atom is 0.532 e. The quantitative estimate of drug-likeness (QED) is 0.0244. The van der Waals surface area contributed by atoms with Crippen LogP contribution in [0, 0.1) is 48.5 Å². The molecular weight excluding hydrogens is 1900 g/mol. The Kier molecular flexibility index (Phi) is 28.4. The minimum absolute atomic E-state index is 0.0678. The van der Waals surface area contributed by atoms with Gasteiger partial charge in [0.15, 0.2) is 40.2 Å². The summed E-state index contributed by atoms with van der Waals surface area (Å²) in [5.74, 6) is 12.6. The highest BCUT2D eigenvalue weighted by Gasteiger charge is 2.54. The lowest BCUT2D eigenvalue weighted by atomic mass is 9.79. The van der Waals surface area contributed by atoms with Gasteiger partial charge in [0.2, 0.25) is 29.7 Å². The van der Waals surface area contributed by atoms with Gasteiger partial charge in [0.05, 0.1) is 51.6 Å². The highest BCUT2D eigenvalue weighted by molar-refractivity contribution is 9.11. The number of hydrogen-bond donors (Lipinski definition) is 7. The fraction of sp³-hybridized carbons (Fsp3) is 0.288. The van der Waals surface area contributed by atoms with Gasteiger partial charge in [0, 0.05) is 11.4 Å². The number of nitrogens with two attached hydrogens (primary N) is 6. The molecule has 0 aromatic carbocycles. The first kappa shape index (κ1) is 92.4. The zero-order valence-electron chi connectivity index (χ0n) is 66.1. The van der Waals surface area contributed by atoms with Crippen LogP contribution in [0.3, 0.4) is 0 Å². The normalized spacial score (nSPS) is 14.3. The van der Waals surface area contributed by atoms with E-state index in [1.807, 2.05) is 126 Å². The van der Waals surface area contributed by atoms with Crippen LogP contribution in [0.5, 0.6) is 0 Å². The van der Waals surface area contributed by atoms with Gasteiger partial charge in [-0.3, -0.25) is 8.80 Å². The van der Waals surface area contributed by atoms with Gasteiger partial charge in [-0.25, -0.2) is 50.7 Å². The Morgan fingerprint density at radius 3 is 1.21 bits per heavy atom. The molecule has 0 atom stereocenters. The first-order valence-corrected chi connectivity index (χ1v) is 39.5. The van der Waals surface area contributed by atoms with Crippen molar-refractivity contribution in [3.63, 3.8) is 0 Å². The monoisotopic (exact) mass is 1970 g/mol. The van der Waals surface area contributed by atoms with Crippen molar-refractivity contribution >= 4 is 171 Å². The van der Waals surface area contributed by atoms with Crippen molar-refractivity contribution in [2.45, 2.75) is 139 Å². The standard InChI is InChI=1S/C17H13F3N6O.C13H17BF3NO2.C11H17BO3.C10H8BrN5O.C9H7BrClN3O.C9H10BrN5O.C4H2BrCl2N3/c1-8-5-10(6-12(23-8)17(18,19)20)13-14(11-4-3-9(2)27-11)24-16(21)26-7-22-25-15(13)26;1-8-6-9(7-10(18-8)13(15,16)17)14-19-11(2,3)12(4,5)20-14;1-8-6-7-9(13-8)12-14-10(2,3)11(4,5)15-12;1-5-2-3-6(17-5)8-7(11)9-15-13-4-16(9)10(12)14-8;1-4-2-3-5(15-4)7-6(10)8(11)14-9(12)13-7;1-4-2-3-5(16-4)7-6(10)8(15-12)14-9(11)13-7;5-1-2(6)9-4(8)10-3(1)7/h3-7H,1-2H3,(H2,21,24);6-7H,1-5H3;6-7H,1-5H3;2-4H,1H3,(H2,12,14);2-3H,1H3,(H2,12,13,14);2-3H,12H2,1H3,(H3,11,13,14,15);(H2,8,9,10). The Hall–Kier alpha value is -9.86. The largest absolute Gasteiger partial charge is 0.532 e. The Labute approximate surface area is 729 Å². The summed E-state index contributed by atoms with van der Waals surface area (Å²) in [7, 11) is -1.20. The third kappa shape index (κ3) is 21.7. The molecule has 0 radical (unpaired) electrons. The minimum Gasteiger partial charge on any atom is -0.470 e. The number of alkyl halides is 6. The summed E-state index contributed by atoms with van der Waals surface area (Å²) in [5.41, 5.74) is 31.8. The molecule has 2 aliphatic rings. The number of aryl methyl sites for hydroxylation is 7. The molecule has 16 heterocycles. The summed E-state index contributed by atoms with van der Waals surface area (Å²) in [4.78, 5) is 38.9. The van der Waals surface area contributed by atoms with Gasteiger partial charge in [-0.15, -0.1) is 20.4 Å². The number of furan rings is 5. The van der Waals surface area contributed by atoms with Crippen molar-refractivity contribution in [3.05, 3.63) is 183 Å². The lowest BCUT2D eigenvalue weighted by molar-refractivity contribution is -0.142. The van der Waals surface area contributed by atoms with Crippen LogP contribution < -0.4 is 51.1 Å². The summed E-state index contributed by atoms with van der Waals surface area (Å²) in [5, 5.41) is 16.3. The van der Waals surface area contributed by atoms with Crippen LogP contribution in [0.25, 0.3) is 68.2 Å². The average Bonchev–Trinajstić information content (AvgIpc) is 1.36. The predicted molar refractivity (Wildman–Crippen MR) is 455 cm³/mol. The number of hydrazine groups is 1. The van der Waals surface area contributed by atoms with Crippen LogP contribution >= 0.6 is 98.5 Å². The number of anilines is 6. The molecule has 0 saturated carbocycles. The second kappa shape index (κ2) is 36.8. The van der Waals surface area contributed by atoms with Crippen LogP contribution in [0.2, 0.25) is 15.5 Å². The highest BCUT2D eigenvalue weighted by Crippen LogP contribution is 2.43. The highest BCUT2D eigenvalue weighted by atomic mass is 79.9. The molecule has 120 heavy (non-hydrogen) atoms. The summed E-state index contributed by atoms with van der Waals surface area (Å²) in [6.45, 7) is 27.8. The number of pyridine rings is 2. The van der Waals surface area contributed by atoms with E-state index in [2.05, 4.69) is 139 Å². The molecule has 16 rings (SSSR count). The van der Waals surface area contributed by atoms with Crippen molar-refractivity contribution in [1.29, 1.82) is 0 Å². The van der Waals surface area contributed by atoms with Crippen molar-refractivity contribution < 1.29 is 67.0 Å². The molecule has 0 spiro atoms. The second-order valence-electron chi connectivity index (χ2n) is 28.2. The topological polar surface area (TPSA) is 460 Å². The Bertz CT molecular complexity index is 5990. The molecule has 0 bridgehead atoms. The predicted octanol–water partition coefficient (Wildman–Crippen LogP) is 17.1. The van der Waals surface area contributed by atoms with E-state index in [1.54, 1.807) is 35.6 Å². The van der Waals surface area contributed by atoms with Crippen molar-refractivity contribution in [2.24, 2.45) is 5.84 Å². The molecule has 0 amide bonds. The third-order valence-corrected chi connectivity index (χ3v) is 22.5. The van der Waals surface area contributed by atoms with E-state index in [1.165, 1.54) is 37.0 Å². The molecule has 32 nitrogen and oxygen atoms in total. The first-order chi connectivity index (χ1) is 55.9. The lowest BCUT2D eigenvalue weighted by Gasteiger charge is -2.32. The fourth-order valence-electron chi connectivity index (χ4n) is 10.8. The molecule has 14 aromatic heterocycles. The molecule has 0 aliphatic carbocycles. The lowest BCUT2D eigenvalue weighted by Crippen LogP contribution is -2.41. The number of nitrogens with one attached hydrogen (secondary N) is 1. The summed E-state index contributed by atoms with van der Waals surface area (Å²) in [6.07, 6.45) is -6.21. The second-order valence-corrected chi connectivity index (χ2v) is 32.4. The SMILES string of the molecule is Cc1cc(-c2c(-c3ccc(C)o3)nc(N)n3cnnc23)cc(C(F)(F)F)n1.Cc1cc(B2OC(C)(C)C(C)(C)O2)cc(C(F)(F)F)n1.Cc1ccc(-c2nc(N)n3cnnc3c2Br)o1.Cc1ccc(-c2nc(N)nc(Cl)c2Br)o1.Cc1ccc(-c2nc(N)nc(NN)c2Br)o1.Cc1ccc(B2OC(C)(C)C(C)(C)O2)o1.Nc1nc(Cl)c(Br)c(Cl)n1. The van der Waals surface area contributed by atoms with Crippen molar-refractivity contribution in [1.82, 2.24) is 79.0 Å². The molecule has 2 saturated heterocycles. The molecule has 13 N–H and O–H groups in total.